The van der Waals surface area contributed by atoms with Crippen LogP contribution in [0.1, 0.15) is 40.0 Å². The first-order valence-corrected chi connectivity index (χ1v) is 8.19. The van der Waals surface area contributed by atoms with Crippen LogP contribution in [0.5, 0.6) is 0 Å². The summed E-state index contributed by atoms with van der Waals surface area (Å²) in [7, 11) is 0. The first kappa shape index (κ1) is 22.8. The summed E-state index contributed by atoms with van der Waals surface area (Å²) in [5.74, 6) is -2.86. The SMILES string of the molecule is C[C@H](NC(=O)[C@H](C)NC(=O)[C@H](C)NC(=O)[C@@H](N)CCCCN)C(=O)O. The number of hydrogen-bond acceptors (Lipinski definition) is 6. The molecule has 0 fully saturated rings. The molecule has 0 aromatic heterocycles. The molecule has 0 saturated heterocycles. The molecule has 0 saturated carbocycles. The van der Waals surface area contributed by atoms with Crippen molar-refractivity contribution in [2.24, 2.45) is 11.5 Å². The van der Waals surface area contributed by atoms with E-state index in [1.54, 1.807) is 0 Å². The van der Waals surface area contributed by atoms with Crippen molar-refractivity contribution < 1.29 is 24.3 Å². The van der Waals surface area contributed by atoms with E-state index < -0.39 is 47.9 Å². The summed E-state index contributed by atoms with van der Waals surface area (Å²) in [6.45, 7) is 4.70. The largest absolute Gasteiger partial charge is 0.480 e. The highest BCUT2D eigenvalue weighted by Gasteiger charge is 2.24. The molecule has 0 unspecified atom stereocenters. The first-order chi connectivity index (χ1) is 11.6. The molecule has 10 heteroatoms. The molecular weight excluding hydrogens is 330 g/mol. The molecule has 0 bridgehead atoms. The Kier molecular flexibility index (Phi) is 10.4. The van der Waals surface area contributed by atoms with Gasteiger partial charge in [0.25, 0.3) is 0 Å². The average Bonchev–Trinajstić information content (AvgIpc) is 2.54. The fraction of sp³-hybridized carbons (Fsp3) is 0.733. The van der Waals surface area contributed by atoms with Gasteiger partial charge >= 0.3 is 5.97 Å². The zero-order valence-electron chi connectivity index (χ0n) is 14.9. The van der Waals surface area contributed by atoms with Crippen LogP contribution in [0, 0.1) is 0 Å². The topological polar surface area (TPSA) is 177 Å². The minimum Gasteiger partial charge on any atom is -0.480 e. The molecule has 4 atom stereocenters. The van der Waals surface area contributed by atoms with Crippen LogP contribution in [0.2, 0.25) is 0 Å². The molecular formula is C15H29N5O5. The van der Waals surface area contributed by atoms with Gasteiger partial charge in [0, 0.05) is 0 Å². The summed E-state index contributed by atoms with van der Waals surface area (Å²) in [6, 6.07) is -3.65. The van der Waals surface area contributed by atoms with Crippen molar-refractivity contribution in [1.29, 1.82) is 0 Å². The zero-order valence-corrected chi connectivity index (χ0v) is 14.9. The van der Waals surface area contributed by atoms with E-state index in [1.807, 2.05) is 0 Å². The predicted molar refractivity (Wildman–Crippen MR) is 91.3 cm³/mol. The predicted octanol–water partition coefficient (Wildman–Crippen LogP) is -1.96. The maximum atomic E-state index is 12.0. The molecule has 0 aromatic rings. The molecule has 0 rings (SSSR count). The summed E-state index contributed by atoms with van der Waals surface area (Å²) in [4.78, 5) is 46.4. The van der Waals surface area contributed by atoms with Crippen LogP contribution < -0.4 is 27.4 Å². The number of aliphatic carboxylic acids is 1. The highest BCUT2D eigenvalue weighted by atomic mass is 16.4. The molecule has 144 valence electrons. The summed E-state index contributed by atoms with van der Waals surface area (Å²) >= 11 is 0. The van der Waals surface area contributed by atoms with E-state index in [-0.39, 0.29) is 0 Å². The number of carboxylic acids is 1. The number of amides is 3. The second kappa shape index (κ2) is 11.4. The Bertz CT molecular complexity index is 485. The normalized spacial score (nSPS) is 15.4. The number of carbonyl (C=O) groups excluding carboxylic acids is 3. The van der Waals surface area contributed by atoms with Gasteiger partial charge < -0.3 is 32.5 Å². The number of rotatable bonds is 11. The number of nitrogens with one attached hydrogen (secondary N) is 3. The van der Waals surface area contributed by atoms with Crippen molar-refractivity contribution in [3.63, 3.8) is 0 Å². The molecule has 25 heavy (non-hydrogen) atoms. The molecule has 8 N–H and O–H groups in total. The third kappa shape index (κ3) is 9.01. The van der Waals surface area contributed by atoms with E-state index in [9.17, 15) is 19.2 Å². The van der Waals surface area contributed by atoms with Crippen LogP contribution in [-0.2, 0) is 19.2 Å². The van der Waals surface area contributed by atoms with Gasteiger partial charge in [0.1, 0.15) is 18.1 Å². The van der Waals surface area contributed by atoms with Gasteiger partial charge in [-0.05, 0) is 40.2 Å². The summed E-state index contributed by atoms with van der Waals surface area (Å²) in [6.07, 6.45) is 1.94. The molecule has 0 aliphatic heterocycles. The van der Waals surface area contributed by atoms with Crippen LogP contribution in [0.3, 0.4) is 0 Å². The average molecular weight is 359 g/mol. The Balaban J connectivity index is 4.38. The second-order valence-corrected chi connectivity index (χ2v) is 5.92. The molecule has 0 heterocycles. The monoisotopic (exact) mass is 359 g/mol. The van der Waals surface area contributed by atoms with Gasteiger partial charge in [0.2, 0.25) is 17.7 Å². The van der Waals surface area contributed by atoms with E-state index in [0.717, 1.165) is 6.42 Å². The number of nitrogens with two attached hydrogens (primary N) is 2. The summed E-state index contributed by atoms with van der Waals surface area (Å²) in [5.41, 5.74) is 11.1. The van der Waals surface area contributed by atoms with E-state index in [1.165, 1.54) is 20.8 Å². The fourth-order valence-electron chi connectivity index (χ4n) is 1.83. The minimum atomic E-state index is -1.18. The lowest BCUT2D eigenvalue weighted by atomic mass is 10.1. The zero-order chi connectivity index (χ0) is 19.6. The standard InChI is InChI=1S/C15H29N5O5/c1-8(13(22)20-10(3)15(24)25)18-12(21)9(2)19-14(23)11(17)6-4-5-7-16/h8-11H,4-7,16-17H2,1-3H3,(H,18,21)(H,19,23)(H,20,22)(H,24,25)/t8-,9-,10-,11-/m0/s1. The van der Waals surface area contributed by atoms with Gasteiger partial charge in [-0.25, -0.2) is 0 Å². The Hall–Kier alpha value is -2.20. The van der Waals surface area contributed by atoms with Gasteiger partial charge in [-0.2, -0.15) is 0 Å². The van der Waals surface area contributed by atoms with Crippen LogP contribution >= 0.6 is 0 Å². The van der Waals surface area contributed by atoms with E-state index in [2.05, 4.69) is 16.0 Å². The summed E-state index contributed by atoms with van der Waals surface area (Å²) < 4.78 is 0. The number of carboxylic acid groups (broad SMARTS) is 1. The molecule has 0 aliphatic carbocycles. The van der Waals surface area contributed by atoms with Crippen molar-refractivity contribution in [3.05, 3.63) is 0 Å². The quantitative estimate of drug-likeness (QED) is 0.232. The maximum absolute atomic E-state index is 12.0. The maximum Gasteiger partial charge on any atom is 0.325 e. The summed E-state index contributed by atoms with van der Waals surface area (Å²) in [5, 5.41) is 15.9. The van der Waals surface area contributed by atoms with Crippen molar-refractivity contribution in [3.8, 4) is 0 Å². The Labute approximate surface area is 147 Å². The lowest BCUT2D eigenvalue weighted by Crippen LogP contribution is -2.55. The first-order valence-electron chi connectivity index (χ1n) is 8.19. The molecule has 0 aliphatic rings. The third-order valence-electron chi connectivity index (χ3n) is 3.54. The molecule has 0 spiro atoms. The molecule has 3 amide bonds. The smallest absolute Gasteiger partial charge is 0.325 e. The van der Waals surface area contributed by atoms with Gasteiger partial charge in [-0.3, -0.25) is 19.2 Å². The second-order valence-electron chi connectivity index (χ2n) is 5.92. The number of unbranched alkanes of at least 4 members (excludes halogenated alkanes) is 1. The van der Waals surface area contributed by atoms with Gasteiger partial charge in [-0.1, -0.05) is 6.42 Å². The lowest BCUT2D eigenvalue weighted by molar-refractivity contribution is -0.141. The highest BCUT2D eigenvalue weighted by Crippen LogP contribution is 1.99. The fourth-order valence-corrected chi connectivity index (χ4v) is 1.83. The van der Waals surface area contributed by atoms with Gasteiger partial charge in [0.05, 0.1) is 6.04 Å². The van der Waals surface area contributed by atoms with Gasteiger partial charge in [0.15, 0.2) is 0 Å². The van der Waals surface area contributed by atoms with Gasteiger partial charge in [-0.15, -0.1) is 0 Å². The van der Waals surface area contributed by atoms with Crippen LogP contribution in [-0.4, -0.2) is 59.5 Å². The molecule has 0 aromatic carbocycles. The molecule has 0 radical (unpaired) electrons. The number of hydrogen-bond donors (Lipinski definition) is 6. The highest BCUT2D eigenvalue weighted by molar-refractivity contribution is 5.93. The third-order valence-corrected chi connectivity index (χ3v) is 3.54. The van der Waals surface area contributed by atoms with Crippen LogP contribution in [0.25, 0.3) is 0 Å². The van der Waals surface area contributed by atoms with Crippen molar-refractivity contribution in [1.82, 2.24) is 16.0 Å². The minimum absolute atomic E-state index is 0.462. The lowest BCUT2D eigenvalue weighted by Gasteiger charge is -2.20. The Morgan fingerprint density at radius 1 is 0.840 bits per heavy atom. The van der Waals surface area contributed by atoms with Crippen molar-refractivity contribution >= 4 is 23.7 Å². The van der Waals surface area contributed by atoms with Crippen LogP contribution in [0.15, 0.2) is 0 Å². The van der Waals surface area contributed by atoms with Crippen molar-refractivity contribution in [2.75, 3.05) is 6.54 Å². The Morgan fingerprint density at radius 3 is 1.72 bits per heavy atom. The van der Waals surface area contributed by atoms with E-state index in [0.29, 0.717) is 19.4 Å². The molecule has 10 nitrogen and oxygen atoms in total. The van der Waals surface area contributed by atoms with Crippen molar-refractivity contribution in [2.45, 2.75) is 64.2 Å². The van der Waals surface area contributed by atoms with Crippen LogP contribution in [0.4, 0.5) is 0 Å². The van der Waals surface area contributed by atoms with E-state index in [4.69, 9.17) is 16.6 Å². The van der Waals surface area contributed by atoms with E-state index >= 15 is 0 Å². The number of carbonyl (C=O) groups is 4. The Morgan fingerprint density at radius 2 is 1.28 bits per heavy atom.